The van der Waals surface area contributed by atoms with E-state index in [0.717, 1.165) is 26.0 Å². The molecule has 2 fully saturated rings. The minimum Gasteiger partial charge on any atom is -0.350 e. The monoisotopic (exact) mass is 331 g/mol. The van der Waals surface area contributed by atoms with Crippen LogP contribution in [-0.2, 0) is 21.3 Å². The zero-order valence-corrected chi connectivity index (χ0v) is 15.6. The summed E-state index contributed by atoms with van der Waals surface area (Å²) in [6.45, 7) is 11.0. The van der Waals surface area contributed by atoms with Gasteiger partial charge >= 0.3 is 0 Å². The third kappa shape index (κ3) is 5.05. The first-order valence-corrected chi connectivity index (χ1v) is 9.59. The number of ether oxygens (including phenoxy) is 2. The summed E-state index contributed by atoms with van der Waals surface area (Å²) < 4.78 is 12.0. The predicted octanol–water partition coefficient (Wildman–Crippen LogP) is 4.14. The summed E-state index contributed by atoms with van der Waals surface area (Å²) in [6, 6.07) is 9.01. The molecule has 0 radical (unpaired) electrons. The molecule has 2 aliphatic heterocycles. The van der Waals surface area contributed by atoms with Gasteiger partial charge in [-0.2, -0.15) is 0 Å². The predicted molar refractivity (Wildman–Crippen MR) is 98.4 cm³/mol. The van der Waals surface area contributed by atoms with Crippen molar-refractivity contribution in [2.75, 3.05) is 26.2 Å². The molecule has 24 heavy (non-hydrogen) atoms. The first-order chi connectivity index (χ1) is 11.5. The van der Waals surface area contributed by atoms with Crippen LogP contribution in [0.1, 0.15) is 57.6 Å². The number of hydrogen-bond acceptors (Lipinski definition) is 3. The highest BCUT2D eigenvalue weighted by molar-refractivity contribution is 5.27. The molecule has 0 aliphatic carbocycles. The lowest BCUT2D eigenvalue weighted by Gasteiger charge is -2.28. The molecule has 3 rings (SSSR count). The summed E-state index contributed by atoms with van der Waals surface area (Å²) in [6.07, 6.45) is 6.26. The van der Waals surface area contributed by atoms with Gasteiger partial charge in [-0.05, 0) is 48.9 Å². The van der Waals surface area contributed by atoms with E-state index in [-0.39, 0.29) is 17.8 Å². The highest BCUT2D eigenvalue weighted by atomic mass is 16.7. The minimum absolute atomic E-state index is 0.0258. The van der Waals surface area contributed by atoms with Crippen LogP contribution in [-0.4, -0.2) is 43.5 Å². The van der Waals surface area contributed by atoms with Crippen LogP contribution in [0, 0.1) is 0 Å². The largest absolute Gasteiger partial charge is 0.350 e. The lowest BCUT2D eigenvalue weighted by atomic mass is 9.86. The summed E-state index contributed by atoms with van der Waals surface area (Å²) in [5.74, 6) is 0. The molecule has 2 heterocycles. The van der Waals surface area contributed by atoms with E-state index in [1.807, 2.05) is 0 Å². The lowest BCUT2D eigenvalue weighted by molar-refractivity contribution is -0.0660. The third-order valence-corrected chi connectivity index (χ3v) is 5.21. The molecule has 0 bridgehead atoms. The molecule has 1 aromatic rings. The summed E-state index contributed by atoms with van der Waals surface area (Å²) in [7, 11) is 0. The Hall–Kier alpha value is -0.900. The first kappa shape index (κ1) is 17.9. The van der Waals surface area contributed by atoms with Gasteiger partial charge in [0.1, 0.15) is 0 Å². The van der Waals surface area contributed by atoms with E-state index in [2.05, 4.69) is 49.9 Å². The zero-order valence-electron chi connectivity index (χ0n) is 15.6. The van der Waals surface area contributed by atoms with Gasteiger partial charge in [-0.25, -0.2) is 0 Å². The smallest absolute Gasteiger partial charge is 0.158 e. The van der Waals surface area contributed by atoms with Gasteiger partial charge in [0.15, 0.2) is 6.29 Å². The number of benzene rings is 1. The van der Waals surface area contributed by atoms with Crippen LogP contribution in [0.15, 0.2) is 24.3 Å². The van der Waals surface area contributed by atoms with Gasteiger partial charge < -0.3 is 14.4 Å². The van der Waals surface area contributed by atoms with Crippen LogP contribution in [0.5, 0.6) is 0 Å². The number of nitrogens with zero attached hydrogens (tertiary/aromatic N) is 1. The van der Waals surface area contributed by atoms with Gasteiger partial charge in [-0.15, -0.1) is 0 Å². The topological polar surface area (TPSA) is 21.7 Å². The van der Waals surface area contributed by atoms with Gasteiger partial charge in [0.25, 0.3) is 0 Å². The molecule has 2 atom stereocenters. The van der Waals surface area contributed by atoms with Crippen molar-refractivity contribution in [2.24, 2.45) is 0 Å². The van der Waals surface area contributed by atoms with Crippen LogP contribution in [0.4, 0.5) is 0 Å². The Labute approximate surface area is 147 Å². The van der Waals surface area contributed by atoms with Crippen LogP contribution >= 0.6 is 0 Å². The fourth-order valence-electron chi connectivity index (χ4n) is 3.64. The average molecular weight is 332 g/mol. The molecule has 2 saturated heterocycles. The van der Waals surface area contributed by atoms with Crippen molar-refractivity contribution in [3.63, 3.8) is 0 Å². The van der Waals surface area contributed by atoms with Crippen LogP contribution in [0.25, 0.3) is 0 Å². The fraction of sp³-hybridized carbons (Fsp3) is 0.714. The van der Waals surface area contributed by atoms with Crippen molar-refractivity contribution < 1.29 is 9.47 Å². The van der Waals surface area contributed by atoms with Crippen LogP contribution < -0.4 is 0 Å². The second kappa shape index (κ2) is 7.99. The summed E-state index contributed by atoms with van der Waals surface area (Å²) in [5.41, 5.74) is 2.98. The van der Waals surface area contributed by atoms with E-state index in [1.54, 1.807) is 0 Å². The summed E-state index contributed by atoms with van der Waals surface area (Å²) in [4.78, 5) is 2.53. The Morgan fingerprint density at radius 1 is 1.04 bits per heavy atom. The van der Waals surface area contributed by atoms with Crippen molar-refractivity contribution in [1.82, 2.24) is 4.90 Å². The Balaban J connectivity index is 1.41. The standard InChI is InChI=1S/C21H33NO2/c1-21(2,3)18-10-7-17(8-11-18)9-12-20-23-16-19(24-20)15-22-13-5-4-6-14-22/h7-8,10-11,19-20H,4-6,9,12-16H2,1-3H3/t19-,20+/m0/s1. The zero-order chi connectivity index (χ0) is 17.0. The maximum atomic E-state index is 6.10. The van der Waals surface area contributed by atoms with E-state index in [9.17, 15) is 0 Å². The van der Waals surface area contributed by atoms with E-state index < -0.39 is 0 Å². The van der Waals surface area contributed by atoms with Crippen molar-refractivity contribution in [3.05, 3.63) is 35.4 Å². The van der Waals surface area contributed by atoms with Gasteiger partial charge in [0, 0.05) is 13.0 Å². The number of likely N-dealkylation sites (tertiary alicyclic amines) is 1. The SMILES string of the molecule is CC(C)(C)c1ccc(CC[C@@H]2OC[C@H](CN3CCCCC3)O2)cc1. The Bertz CT molecular complexity index is 500. The lowest BCUT2D eigenvalue weighted by Crippen LogP contribution is -2.37. The molecule has 0 saturated carbocycles. The maximum absolute atomic E-state index is 6.10. The minimum atomic E-state index is -0.0258. The Morgan fingerprint density at radius 2 is 1.75 bits per heavy atom. The second-order valence-corrected chi connectivity index (χ2v) is 8.37. The van der Waals surface area contributed by atoms with Crippen molar-refractivity contribution >= 4 is 0 Å². The van der Waals surface area contributed by atoms with Gasteiger partial charge in [-0.3, -0.25) is 0 Å². The number of hydrogen-bond donors (Lipinski definition) is 0. The molecule has 134 valence electrons. The molecular formula is C21H33NO2. The third-order valence-electron chi connectivity index (χ3n) is 5.21. The molecule has 0 spiro atoms. The van der Waals surface area contributed by atoms with Gasteiger partial charge in [0.2, 0.25) is 0 Å². The summed E-state index contributed by atoms with van der Waals surface area (Å²) >= 11 is 0. The number of rotatable bonds is 5. The Kier molecular flexibility index (Phi) is 5.96. The fourth-order valence-corrected chi connectivity index (χ4v) is 3.64. The highest BCUT2D eigenvalue weighted by Crippen LogP contribution is 2.23. The number of piperidine rings is 1. The second-order valence-electron chi connectivity index (χ2n) is 8.37. The molecule has 3 nitrogen and oxygen atoms in total. The normalized spacial score (nSPS) is 26.0. The molecule has 0 N–H and O–H groups in total. The molecular weight excluding hydrogens is 298 g/mol. The molecule has 0 unspecified atom stereocenters. The van der Waals surface area contributed by atoms with E-state index in [0.29, 0.717) is 0 Å². The molecule has 0 amide bonds. The first-order valence-electron chi connectivity index (χ1n) is 9.59. The highest BCUT2D eigenvalue weighted by Gasteiger charge is 2.27. The van der Waals surface area contributed by atoms with Crippen molar-refractivity contribution in [3.8, 4) is 0 Å². The molecule has 2 aliphatic rings. The molecule has 1 aromatic carbocycles. The number of aryl methyl sites for hydroxylation is 1. The molecule has 3 heteroatoms. The van der Waals surface area contributed by atoms with Crippen LogP contribution in [0.3, 0.4) is 0 Å². The van der Waals surface area contributed by atoms with Crippen molar-refractivity contribution in [1.29, 1.82) is 0 Å². The Morgan fingerprint density at radius 3 is 2.42 bits per heavy atom. The van der Waals surface area contributed by atoms with Gasteiger partial charge in [-0.1, -0.05) is 51.5 Å². The van der Waals surface area contributed by atoms with Gasteiger partial charge in [0.05, 0.1) is 12.7 Å². The summed E-state index contributed by atoms with van der Waals surface area (Å²) in [5, 5.41) is 0. The van der Waals surface area contributed by atoms with E-state index in [4.69, 9.17) is 9.47 Å². The average Bonchev–Trinajstić information content (AvgIpc) is 3.01. The maximum Gasteiger partial charge on any atom is 0.158 e. The molecule has 0 aromatic heterocycles. The quantitative estimate of drug-likeness (QED) is 0.809. The van der Waals surface area contributed by atoms with Crippen LogP contribution in [0.2, 0.25) is 0 Å². The van der Waals surface area contributed by atoms with E-state index in [1.165, 1.54) is 43.5 Å². The van der Waals surface area contributed by atoms with Crippen molar-refractivity contribution in [2.45, 2.75) is 70.7 Å². The van der Waals surface area contributed by atoms with E-state index >= 15 is 0 Å².